The molecule has 0 saturated heterocycles. The van der Waals surface area contributed by atoms with Crippen molar-refractivity contribution in [2.45, 2.75) is 38.8 Å². The normalized spacial score (nSPS) is 13.8. The average molecular weight is 291 g/mol. The van der Waals surface area contributed by atoms with E-state index >= 15 is 0 Å². The summed E-state index contributed by atoms with van der Waals surface area (Å²) in [5.74, 6) is -0.899. The first-order chi connectivity index (χ1) is 9.01. The van der Waals surface area contributed by atoms with Gasteiger partial charge in [-0.3, -0.25) is 4.79 Å². The number of nitrogens with one attached hydrogen (secondary N) is 1. The highest BCUT2D eigenvalue weighted by atomic mass is 19.4. The molecule has 0 heterocycles. The van der Waals surface area contributed by atoms with Gasteiger partial charge >= 0.3 is 6.36 Å². The molecule has 0 unspecified atom stereocenters. The molecule has 4 nitrogen and oxygen atoms in total. The first-order valence-corrected chi connectivity index (χ1v) is 5.87. The molecule has 112 valence electrons. The van der Waals surface area contributed by atoms with Gasteiger partial charge in [0.1, 0.15) is 11.9 Å². The molecule has 0 bridgehead atoms. The van der Waals surface area contributed by atoms with E-state index in [1.54, 1.807) is 13.8 Å². The van der Waals surface area contributed by atoms with Crippen LogP contribution in [-0.2, 0) is 10.3 Å². The van der Waals surface area contributed by atoms with Gasteiger partial charge in [-0.05, 0) is 38.5 Å². The molecule has 0 aliphatic carbocycles. The Labute approximate surface area is 114 Å². The zero-order valence-electron chi connectivity index (χ0n) is 11.3. The summed E-state index contributed by atoms with van der Waals surface area (Å²) >= 11 is 0. The van der Waals surface area contributed by atoms with Crippen molar-refractivity contribution in [3.8, 4) is 5.75 Å². The predicted octanol–water partition coefficient (Wildman–Crippen LogP) is 2.32. The summed E-state index contributed by atoms with van der Waals surface area (Å²) in [5.41, 5.74) is -0.244. The van der Waals surface area contributed by atoms with Gasteiger partial charge in [0.25, 0.3) is 0 Å². The number of amides is 1. The number of alkyl halides is 3. The maximum absolute atomic E-state index is 12.0. The van der Waals surface area contributed by atoms with Crippen molar-refractivity contribution in [3.63, 3.8) is 0 Å². The molecule has 1 rings (SSSR count). The maximum Gasteiger partial charge on any atom is 0.573 e. The Morgan fingerprint density at radius 1 is 1.25 bits per heavy atom. The van der Waals surface area contributed by atoms with E-state index in [9.17, 15) is 18.0 Å². The first kappa shape index (κ1) is 16.3. The number of aliphatic hydroxyl groups is 1. The Hall–Kier alpha value is -1.76. The summed E-state index contributed by atoms with van der Waals surface area (Å²) in [5, 5.41) is 11.7. The smallest absolute Gasteiger partial charge is 0.406 e. The SMILES string of the molecule is C[C@@H](O)C(=O)NC(C)(C)c1ccc(OC(F)(F)F)cc1. The number of ether oxygens (including phenoxy) is 1. The lowest BCUT2D eigenvalue weighted by molar-refractivity contribution is -0.274. The standard InChI is InChI=1S/C13H16F3NO3/c1-8(18)11(19)17-12(2,3)9-4-6-10(7-5-9)20-13(14,15)16/h4-8,18H,1-3H3,(H,17,19)/t8-/m1/s1. The number of rotatable bonds is 4. The van der Waals surface area contributed by atoms with E-state index in [1.165, 1.54) is 31.2 Å². The van der Waals surface area contributed by atoms with E-state index in [0.29, 0.717) is 5.56 Å². The van der Waals surface area contributed by atoms with E-state index in [0.717, 1.165) is 0 Å². The van der Waals surface area contributed by atoms with Crippen LogP contribution in [0.25, 0.3) is 0 Å². The minimum Gasteiger partial charge on any atom is -0.406 e. The highest BCUT2D eigenvalue weighted by molar-refractivity contribution is 5.80. The Morgan fingerprint density at radius 2 is 1.75 bits per heavy atom. The average Bonchev–Trinajstić information content (AvgIpc) is 2.26. The molecule has 0 aliphatic rings. The number of carbonyl (C=O) groups is 1. The van der Waals surface area contributed by atoms with Crippen LogP contribution in [0.2, 0.25) is 0 Å². The van der Waals surface area contributed by atoms with Gasteiger partial charge in [0.2, 0.25) is 5.91 Å². The first-order valence-electron chi connectivity index (χ1n) is 5.87. The largest absolute Gasteiger partial charge is 0.573 e. The summed E-state index contributed by atoms with van der Waals surface area (Å²) in [6.07, 6.45) is -5.90. The molecule has 1 aromatic carbocycles. The summed E-state index contributed by atoms with van der Waals surface area (Å²) in [4.78, 5) is 11.5. The molecular weight excluding hydrogens is 275 g/mol. The van der Waals surface area contributed by atoms with Crippen molar-refractivity contribution < 1.29 is 27.8 Å². The Bertz CT molecular complexity index is 467. The zero-order valence-corrected chi connectivity index (χ0v) is 11.3. The fourth-order valence-corrected chi connectivity index (χ4v) is 1.56. The van der Waals surface area contributed by atoms with Crippen LogP contribution >= 0.6 is 0 Å². The second-order valence-electron chi connectivity index (χ2n) is 4.86. The van der Waals surface area contributed by atoms with Crippen LogP contribution < -0.4 is 10.1 Å². The summed E-state index contributed by atoms with van der Waals surface area (Å²) in [6.45, 7) is 4.67. The van der Waals surface area contributed by atoms with Gasteiger partial charge in [0, 0.05) is 0 Å². The van der Waals surface area contributed by atoms with Gasteiger partial charge in [-0.1, -0.05) is 12.1 Å². The maximum atomic E-state index is 12.0. The fourth-order valence-electron chi connectivity index (χ4n) is 1.56. The lowest BCUT2D eigenvalue weighted by Gasteiger charge is -2.27. The molecule has 7 heteroatoms. The Morgan fingerprint density at radius 3 is 2.15 bits per heavy atom. The third kappa shape index (κ3) is 4.73. The lowest BCUT2D eigenvalue weighted by atomic mass is 9.94. The number of hydrogen-bond donors (Lipinski definition) is 2. The van der Waals surface area contributed by atoms with Crippen molar-refractivity contribution in [3.05, 3.63) is 29.8 Å². The van der Waals surface area contributed by atoms with Gasteiger partial charge in [0.05, 0.1) is 5.54 Å². The van der Waals surface area contributed by atoms with Gasteiger partial charge in [0.15, 0.2) is 0 Å². The number of aliphatic hydroxyl groups excluding tert-OH is 1. The highest BCUT2D eigenvalue weighted by Gasteiger charge is 2.31. The number of halogens is 3. The van der Waals surface area contributed by atoms with Crippen LogP contribution in [0.5, 0.6) is 5.75 Å². The van der Waals surface area contributed by atoms with Crippen molar-refractivity contribution in [1.82, 2.24) is 5.32 Å². The molecule has 1 aromatic rings. The van der Waals surface area contributed by atoms with E-state index in [1.807, 2.05) is 0 Å². The summed E-state index contributed by atoms with van der Waals surface area (Å²) < 4.78 is 39.9. The van der Waals surface area contributed by atoms with Crippen LogP contribution in [0, 0.1) is 0 Å². The Balaban J connectivity index is 2.84. The third-order valence-electron chi connectivity index (χ3n) is 2.62. The molecule has 0 aliphatic heterocycles. The molecule has 1 amide bonds. The molecule has 0 spiro atoms. The second kappa shape index (κ2) is 5.70. The van der Waals surface area contributed by atoms with Crippen LogP contribution in [0.15, 0.2) is 24.3 Å². The molecule has 20 heavy (non-hydrogen) atoms. The molecule has 0 saturated carbocycles. The van der Waals surface area contributed by atoms with Crippen molar-refractivity contribution >= 4 is 5.91 Å². The lowest BCUT2D eigenvalue weighted by Crippen LogP contribution is -2.45. The van der Waals surface area contributed by atoms with Crippen molar-refractivity contribution in [1.29, 1.82) is 0 Å². The number of hydrogen-bond acceptors (Lipinski definition) is 3. The van der Waals surface area contributed by atoms with Crippen molar-refractivity contribution in [2.75, 3.05) is 0 Å². The topological polar surface area (TPSA) is 58.6 Å². The molecule has 1 atom stereocenters. The molecule has 0 aromatic heterocycles. The number of benzene rings is 1. The molecule has 2 N–H and O–H groups in total. The zero-order chi connectivity index (χ0) is 15.6. The van der Waals surface area contributed by atoms with Crippen molar-refractivity contribution in [2.24, 2.45) is 0 Å². The van der Waals surface area contributed by atoms with Crippen LogP contribution in [0.1, 0.15) is 26.3 Å². The highest BCUT2D eigenvalue weighted by Crippen LogP contribution is 2.26. The molecule has 0 radical (unpaired) electrons. The minimum atomic E-state index is -4.74. The van der Waals surface area contributed by atoms with E-state index in [4.69, 9.17) is 5.11 Å². The van der Waals surface area contributed by atoms with E-state index in [2.05, 4.69) is 10.1 Å². The molecule has 0 fully saturated rings. The number of carbonyl (C=O) groups excluding carboxylic acids is 1. The van der Waals surface area contributed by atoms with E-state index < -0.39 is 23.9 Å². The van der Waals surface area contributed by atoms with E-state index in [-0.39, 0.29) is 5.75 Å². The molecular formula is C13H16F3NO3. The van der Waals surface area contributed by atoms with Gasteiger partial charge in [-0.15, -0.1) is 13.2 Å². The fraction of sp³-hybridized carbons (Fsp3) is 0.462. The Kier molecular flexibility index (Phi) is 4.65. The predicted molar refractivity (Wildman–Crippen MR) is 66.0 cm³/mol. The van der Waals surface area contributed by atoms with Gasteiger partial charge in [-0.2, -0.15) is 0 Å². The minimum absolute atomic E-state index is 0.334. The van der Waals surface area contributed by atoms with Crippen LogP contribution in [0.3, 0.4) is 0 Å². The van der Waals surface area contributed by atoms with Gasteiger partial charge < -0.3 is 15.2 Å². The van der Waals surface area contributed by atoms with Crippen LogP contribution in [0.4, 0.5) is 13.2 Å². The second-order valence-corrected chi connectivity index (χ2v) is 4.86. The summed E-state index contributed by atoms with van der Waals surface area (Å²) in [7, 11) is 0. The third-order valence-corrected chi connectivity index (χ3v) is 2.62. The van der Waals surface area contributed by atoms with Crippen LogP contribution in [-0.4, -0.2) is 23.5 Å². The quantitative estimate of drug-likeness (QED) is 0.895. The summed E-state index contributed by atoms with van der Waals surface area (Å²) in [6, 6.07) is 5.17. The van der Waals surface area contributed by atoms with Gasteiger partial charge in [-0.25, -0.2) is 0 Å². The monoisotopic (exact) mass is 291 g/mol.